The molecule has 1 aromatic carbocycles. The molecule has 3 fully saturated rings. The Kier molecular flexibility index (Phi) is 4.45. The summed E-state index contributed by atoms with van der Waals surface area (Å²) >= 11 is 0. The molecule has 28 heavy (non-hydrogen) atoms. The highest BCUT2D eigenvalue weighted by Gasteiger charge is 2.51. The van der Waals surface area contributed by atoms with E-state index < -0.39 is 17.2 Å². The molecule has 0 radical (unpaired) electrons. The summed E-state index contributed by atoms with van der Waals surface area (Å²) in [5, 5.41) is 14.1. The van der Waals surface area contributed by atoms with Crippen molar-refractivity contribution in [3.63, 3.8) is 0 Å². The van der Waals surface area contributed by atoms with Crippen LogP contribution in [0.25, 0.3) is 0 Å². The SMILES string of the molecule is CC1(C)NC(=O)N(CC(=O)N2CC3CCC[C@](O)(c4ccccc4)C3C2)C1=O. The molecular formula is C21H27N3O4. The molecule has 1 saturated carbocycles. The molecule has 4 amide bonds. The summed E-state index contributed by atoms with van der Waals surface area (Å²) in [6, 6.07) is 9.14. The van der Waals surface area contributed by atoms with Crippen LogP contribution in [0.5, 0.6) is 0 Å². The zero-order valence-electron chi connectivity index (χ0n) is 16.4. The third-order valence-corrected chi connectivity index (χ3v) is 6.55. The molecule has 2 aliphatic heterocycles. The smallest absolute Gasteiger partial charge is 0.325 e. The average molecular weight is 385 g/mol. The minimum absolute atomic E-state index is 0.0350. The van der Waals surface area contributed by atoms with E-state index >= 15 is 0 Å². The lowest BCUT2D eigenvalue weighted by Crippen LogP contribution is -2.45. The molecule has 1 aliphatic carbocycles. The molecular weight excluding hydrogens is 358 g/mol. The van der Waals surface area contributed by atoms with E-state index in [-0.39, 0.29) is 30.2 Å². The fraction of sp³-hybridized carbons (Fsp3) is 0.571. The van der Waals surface area contributed by atoms with Crippen LogP contribution >= 0.6 is 0 Å². The molecule has 150 valence electrons. The zero-order chi connectivity index (χ0) is 20.1. The van der Waals surface area contributed by atoms with Gasteiger partial charge >= 0.3 is 6.03 Å². The van der Waals surface area contributed by atoms with Gasteiger partial charge in [-0.05, 0) is 44.6 Å². The van der Waals surface area contributed by atoms with Crippen molar-refractivity contribution in [2.24, 2.45) is 11.8 Å². The second-order valence-corrected chi connectivity index (χ2v) is 8.79. The number of nitrogens with one attached hydrogen (secondary N) is 1. The molecule has 2 N–H and O–H groups in total. The number of imide groups is 1. The summed E-state index contributed by atoms with van der Waals surface area (Å²) in [6.45, 7) is 4.01. The maximum Gasteiger partial charge on any atom is 0.325 e. The number of nitrogens with zero attached hydrogens (tertiary/aromatic N) is 2. The Morgan fingerprint density at radius 2 is 1.93 bits per heavy atom. The highest BCUT2D eigenvalue weighted by Crippen LogP contribution is 2.48. The molecule has 2 heterocycles. The van der Waals surface area contributed by atoms with Gasteiger partial charge in [0.25, 0.3) is 5.91 Å². The largest absolute Gasteiger partial charge is 0.385 e. The predicted octanol–water partition coefficient (Wildman–Crippen LogP) is 1.46. The van der Waals surface area contributed by atoms with Crippen LogP contribution < -0.4 is 5.32 Å². The van der Waals surface area contributed by atoms with E-state index in [0.29, 0.717) is 19.5 Å². The zero-order valence-corrected chi connectivity index (χ0v) is 16.4. The van der Waals surface area contributed by atoms with Crippen molar-refractivity contribution in [2.45, 2.75) is 44.2 Å². The van der Waals surface area contributed by atoms with Crippen LogP contribution in [0, 0.1) is 11.8 Å². The Balaban J connectivity index is 1.49. The second-order valence-electron chi connectivity index (χ2n) is 8.79. The van der Waals surface area contributed by atoms with Crippen molar-refractivity contribution < 1.29 is 19.5 Å². The van der Waals surface area contributed by atoms with Crippen molar-refractivity contribution in [2.75, 3.05) is 19.6 Å². The number of carbonyl (C=O) groups is 3. The van der Waals surface area contributed by atoms with Gasteiger partial charge < -0.3 is 15.3 Å². The van der Waals surface area contributed by atoms with E-state index in [1.165, 1.54) is 0 Å². The Morgan fingerprint density at radius 1 is 1.21 bits per heavy atom. The van der Waals surface area contributed by atoms with Crippen molar-refractivity contribution in [3.8, 4) is 0 Å². The Morgan fingerprint density at radius 3 is 2.57 bits per heavy atom. The Bertz CT molecular complexity index is 809. The summed E-state index contributed by atoms with van der Waals surface area (Å²) in [4.78, 5) is 40.0. The molecule has 3 aliphatic rings. The van der Waals surface area contributed by atoms with Crippen LogP contribution in [-0.2, 0) is 15.2 Å². The number of rotatable bonds is 3. The predicted molar refractivity (Wildman–Crippen MR) is 102 cm³/mol. The normalized spacial score (nSPS) is 31.7. The first-order valence-electron chi connectivity index (χ1n) is 9.92. The van der Waals surface area contributed by atoms with Crippen molar-refractivity contribution in [1.82, 2.24) is 15.1 Å². The van der Waals surface area contributed by atoms with Crippen molar-refractivity contribution in [1.29, 1.82) is 0 Å². The summed E-state index contributed by atoms with van der Waals surface area (Å²) in [7, 11) is 0. The number of hydrogen-bond donors (Lipinski definition) is 2. The molecule has 0 spiro atoms. The van der Waals surface area contributed by atoms with Crippen LogP contribution in [0.15, 0.2) is 30.3 Å². The number of fused-ring (bicyclic) bond motifs is 1. The summed E-state index contributed by atoms with van der Waals surface area (Å²) in [5.74, 6) is -0.441. The van der Waals surface area contributed by atoms with E-state index in [2.05, 4.69) is 5.32 Å². The highest BCUT2D eigenvalue weighted by atomic mass is 16.3. The third-order valence-electron chi connectivity index (χ3n) is 6.55. The monoisotopic (exact) mass is 385 g/mol. The van der Waals surface area contributed by atoms with E-state index in [9.17, 15) is 19.5 Å². The molecule has 0 aromatic heterocycles. The number of hydrogen-bond acceptors (Lipinski definition) is 4. The van der Waals surface area contributed by atoms with Crippen molar-refractivity contribution >= 4 is 17.8 Å². The lowest BCUT2D eigenvalue weighted by Gasteiger charge is -2.41. The Hall–Kier alpha value is -2.41. The van der Waals surface area contributed by atoms with E-state index in [0.717, 1.165) is 23.3 Å². The summed E-state index contributed by atoms with van der Waals surface area (Å²) < 4.78 is 0. The molecule has 0 bridgehead atoms. The van der Waals surface area contributed by atoms with E-state index in [1.807, 2.05) is 30.3 Å². The molecule has 7 heteroatoms. The highest BCUT2D eigenvalue weighted by molar-refractivity contribution is 6.08. The first kappa shape index (κ1) is 18.9. The van der Waals surface area contributed by atoms with Gasteiger partial charge in [-0.25, -0.2) is 4.79 Å². The number of likely N-dealkylation sites (tertiary alicyclic amines) is 1. The molecule has 3 atom stereocenters. The number of urea groups is 1. The Labute approximate surface area is 164 Å². The maximum absolute atomic E-state index is 12.9. The van der Waals surface area contributed by atoms with Crippen LogP contribution in [0.1, 0.15) is 38.7 Å². The van der Waals surface area contributed by atoms with Gasteiger partial charge in [0, 0.05) is 19.0 Å². The number of carbonyl (C=O) groups excluding carboxylic acids is 3. The quantitative estimate of drug-likeness (QED) is 0.771. The number of benzene rings is 1. The van der Waals surface area contributed by atoms with Gasteiger partial charge in [-0.3, -0.25) is 14.5 Å². The van der Waals surface area contributed by atoms with Gasteiger partial charge in [0.1, 0.15) is 12.1 Å². The fourth-order valence-corrected chi connectivity index (χ4v) is 5.01. The average Bonchev–Trinajstić information content (AvgIpc) is 3.18. The first-order chi connectivity index (χ1) is 13.2. The van der Waals surface area contributed by atoms with Crippen LogP contribution in [-0.4, -0.2) is 57.9 Å². The van der Waals surface area contributed by atoms with E-state index in [1.54, 1.807) is 18.7 Å². The molecule has 1 aromatic rings. The van der Waals surface area contributed by atoms with Gasteiger partial charge in [0.15, 0.2) is 0 Å². The van der Waals surface area contributed by atoms with Gasteiger partial charge in [-0.1, -0.05) is 30.3 Å². The topological polar surface area (TPSA) is 90.0 Å². The van der Waals surface area contributed by atoms with Crippen molar-refractivity contribution in [3.05, 3.63) is 35.9 Å². The standard InChI is InChI=1S/C21H27N3O4/c1-20(2)18(26)24(19(27)22-20)13-17(25)23-11-14-7-6-10-21(28,16(14)12-23)15-8-4-3-5-9-15/h3-5,8-9,14,16,28H,6-7,10-13H2,1-2H3,(H,22,27)/t14?,16?,21-/m0/s1. The minimum Gasteiger partial charge on any atom is -0.385 e. The van der Waals surface area contributed by atoms with Crippen LogP contribution in [0.3, 0.4) is 0 Å². The summed E-state index contributed by atoms with van der Waals surface area (Å²) in [5.41, 5.74) is -1.03. The van der Waals surface area contributed by atoms with Crippen LogP contribution in [0.4, 0.5) is 4.79 Å². The molecule has 2 saturated heterocycles. The number of amides is 4. The fourth-order valence-electron chi connectivity index (χ4n) is 5.01. The minimum atomic E-state index is -0.982. The second kappa shape index (κ2) is 6.58. The van der Waals surface area contributed by atoms with Crippen LogP contribution in [0.2, 0.25) is 0 Å². The molecule has 7 nitrogen and oxygen atoms in total. The van der Waals surface area contributed by atoms with Gasteiger partial charge in [-0.15, -0.1) is 0 Å². The van der Waals surface area contributed by atoms with Gasteiger partial charge in [0.05, 0.1) is 5.60 Å². The molecule has 2 unspecified atom stereocenters. The van der Waals surface area contributed by atoms with Gasteiger partial charge in [-0.2, -0.15) is 0 Å². The maximum atomic E-state index is 12.9. The number of aliphatic hydroxyl groups is 1. The van der Waals surface area contributed by atoms with E-state index in [4.69, 9.17) is 0 Å². The molecule has 4 rings (SSSR count). The lowest BCUT2D eigenvalue weighted by atomic mass is 9.67. The lowest BCUT2D eigenvalue weighted by molar-refractivity contribution is -0.138. The first-order valence-corrected chi connectivity index (χ1v) is 9.92. The third kappa shape index (κ3) is 2.98. The summed E-state index contributed by atoms with van der Waals surface area (Å²) in [6.07, 6.45) is 2.57. The van der Waals surface area contributed by atoms with Gasteiger partial charge in [0.2, 0.25) is 5.91 Å².